The minimum absolute atomic E-state index is 0.0366. The molecule has 1 aromatic heterocycles. The van der Waals surface area contributed by atoms with Crippen LogP contribution in [-0.4, -0.2) is 16.9 Å². The fourth-order valence-electron chi connectivity index (χ4n) is 2.04. The van der Waals surface area contributed by atoms with Crippen molar-refractivity contribution in [3.63, 3.8) is 0 Å². The number of pyridine rings is 1. The first-order valence-electron chi connectivity index (χ1n) is 6.47. The molecule has 5 heteroatoms. The van der Waals surface area contributed by atoms with E-state index in [9.17, 15) is 4.79 Å². The van der Waals surface area contributed by atoms with E-state index in [1.807, 2.05) is 19.9 Å². The molecule has 0 saturated heterocycles. The summed E-state index contributed by atoms with van der Waals surface area (Å²) in [5.74, 6) is -0.145. The van der Waals surface area contributed by atoms with Crippen molar-refractivity contribution in [2.45, 2.75) is 19.9 Å². The van der Waals surface area contributed by atoms with Crippen molar-refractivity contribution in [3.8, 4) is 6.07 Å². The summed E-state index contributed by atoms with van der Waals surface area (Å²) in [7, 11) is 0. The van der Waals surface area contributed by atoms with Gasteiger partial charge in [-0.15, -0.1) is 0 Å². The number of aromatic nitrogens is 1. The number of anilines is 1. The normalized spacial score (nSPS) is 10.2. The standard InChI is InChI=1S/C16H14BrN3O/c1-11(2)20(15-5-3-4-12(6-15)8-18)16(21)13-7-14(17)10-19-9-13/h3-7,9-11H,1-2H3. The van der Waals surface area contributed by atoms with Crippen LogP contribution in [-0.2, 0) is 0 Å². The van der Waals surface area contributed by atoms with Crippen LogP contribution in [0.1, 0.15) is 29.8 Å². The first kappa shape index (κ1) is 15.2. The molecule has 106 valence electrons. The fraction of sp³-hybridized carbons (Fsp3) is 0.188. The summed E-state index contributed by atoms with van der Waals surface area (Å²) >= 11 is 3.32. The first-order chi connectivity index (χ1) is 10.0. The lowest BCUT2D eigenvalue weighted by Crippen LogP contribution is -2.37. The minimum Gasteiger partial charge on any atom is -0.306 e. The van der Waals surface area contributed by atoms with Gasteiger partial charge in [-0.3, -0.25) is 9.78 Å². The van der Waals surface area contributed by atoms with Gasteiger partial charge in [-0.05, 0) is 54.0 Å². The van der Waals surface area contributed by atoms with Crippen LogP contribution < -0.4 is 4.90 Å². The number of nitrogens with zero attached hydrogens (tertiary/aromatic N) is 3. The summed E-state index contributed by atoms with van der Waals surface area (Å²) < 4.78 is 0.753. The third-order valence-corrected chi connectivity index (χ3v) is 3.37. The quantitative estimate of drug-likeness (QED) is 0.852. The second kappa shape index (κ2) is 6.51. The summed E-state index contributed by atoms with van der Waals surface area (Å²) in [6, 6.07) is 10.8. The highest BCUT2D eigenvalue weighted by Gasteiger charge is 2.21. The molecule has 2 aromatic rings. The maximum Gasteiger partial charge on any atom is 0.260 e. The summed E-state index contributed by atoms with van der Waals surface area (Å²) in [6.07, 6.45) is 3.17. The lowest BCUT2D eigenvalue weighted by molar-refractivity contribution is 0.0980. The van der Waals surface area contributed by atoms with Crippen LogP contribution in [0.3, 0.4) is 0 Å². The predicted molar refractivity (Wildman–Crippen MR) is 85.0 cm³/mol. The molecule has 0 aliphatic carbocycles. The number of amides is 1. The van der Waals surface area contributed by atoms with Gasteiger partial charge in [0.05, 0.1) is 17.2 Å². The van der Waals surface area contributed by atoms with Crippen molar-refractivity contribution in [1.29, 1.82) is 5.26 Å². The van der Waals surface area contributed by atoms with Crippen LogP contribution in [0.2, 0.25) is 0 Å². The average Bonchev–Trinajstić information content (AvgIpc) is 2.47. The van der Waals surface area contributed by atoms with Gasteiger partial charge in [0, 0.05) is 28.6 Å². The molecule has 0 fully saturated rings. The van der Waals surface area contributed by atoms with Crippen molar-refractivity contribution in [1.82, 2.24) is 4.98 Å². The summed E-state index contributed by atoms with van der Waals surface area (Å²) in [5.41, 5.74) is 1.73. The second-order valence-electron chi connectivity index (χ2n) is 4.82. The Bertz CT molecular complexity index is 707. The zero-order chi connectivity index (χ0) is 15.4. The van der Waals surface area contributed by atoms with Gasteiger partial charge in [0.25, 0.3) is 5.91 Å². The summed E-state index contributed by atoms with van der Waals surface area (Å²) in [6.45, 7) is 3.87. The van der Waals surface area contributed by atoms with E-state index in [2.05, 4.69) is 27.0 Å². The van der Waals surface area contributed by atoms with Crippen LogP contribution in [0.15, 0.2) is 47.2 Å². The van der Waals surface area contributed by atoms with E-state index in [4.69, 9.17) is 5.26 Å². The maximum absolute atomic E-state index is 12.7. The third kappa shape index (κ3) is 3.47. The third-order valence-electron chi connectivity index (χ3n) is 2.94. The Hall–Kier alpha value is -2.19. The molecule has 0 spiro atoms. The smallest absolute Gasteiger partial charge is 0.260 e. The van der Waals surface area contributed by atoms with Gasteiger partial charge in [0.1, 0.15) is 0 Å². The monoisotopic (exact) mass is 343 g/mol. The van der Waals surface area contributed by atoms with E-state index in [0.29, 0.717) is 16.8 Å². The summed E-state index contributed by atoms with van der Waals surface area (Å²) in [5, 5.41) is 9.00. The van der Waals surface area contributed by atoms with Gasteiger partial charge in [-0.25, -0.2) is 0 Å². The Morgan fingerprint density at radius 3 is 2.71 bits per heavy atom. The Balaban J connectivity index is 2.44. The number of rotatable bonds is 3. The van der Waals surface area contributed by atoms with Crippen molar-refractivity contribution in [2.75, 3.05) is 4.90 Å². The zero-order valence-electron chi connectivity index (χ0n) is 11.7. The van der Waals surface area contributed by atoms with Gasteiger partial charge in [-0.1, -0.05) is 6.07 Å². The second-order valence-corrected chi connectivity index (χ2v) is 5.74. The average molecular weight is 344 g/mol. The molecule has 0 atom stereocenters. The van der Waals surface area contributed by atoms with E-state index in [-0.39, 0.29) is 11.9 Å². The number of hydrogen-bond acceptors (Lipinski definition) is 3. The molecule has 4 nitrogen and oxygen atoms in total. The Morgan fingerprint density at radius 2 is 2.10 bits per heavy atom. The fourth-order valence-corrected chi connectivity index (χ4v) is 2.41. The van der Waals surface area contributed by atoms with Gasteiger partial charge < -0.3 is 4.90 Å². The van der Waals surface area contributed by atoms with Gasteiger partial charge in [-0.2, -0.15) is 5.26 Å². The van der Waals surface area contributed by atoms with Gasteiger partial charge >= 0.3 is 0 Å². The Kier molecular flexibility index (Phi) is 4.71. The van der Waals surface area contributed by atoms with Crippen LogP contribution >= 0.6 is 15.9 Å². The van der Waals surface area contributed by atoms with E-state index in [1.54, 1.807) is 35.4 Å². The molecule has 0 unspecified atom stereocenters. The maximum atomic E-state index is 12.7. The molecule has 0 bridgehead atoms. The number of benzene rings is 1. The highest BCUT2D eigenvalue weighted by molar-refractivity contribution is 9.10. The van der Waals surface area contributed by atoms with Crippen molar-refractivity contribution < 1.29 is 4.79 Å². The number of carbonyl (C=O) groups excluding carboxylic acids is 1. The topological polar surface area (TPSA) is 57.0 Å². The molecule has 2 rings (SSSR count). The predicted octanol–water partition coefficient (Wildman–Crippen LogP) is 3.77. The molecular formula is C16H14BrN3O. The van der Waals surface area contributed by atoms with Crippen molar-refractivity contribution in [2.24, 2.45) is 0 Å². The largest absolute Gasteiger partial charge is 0.306 e. The molecule has 1 amide bonds. The highest BCUT2D eigenvalue weighted by Crippen LogP contribution is 2.22. The number of carbonyl (C=O) groups is 1. The summed E-state index contributed by atoms with van der Waals surface area (Å²) in [4.78, 5) is 18.4. The number of nitriles is 1. The van der Waals surface area contributed by atoms with Crippen LogP contribution in [0.4, 0.5) is 5.69 Å². The number of hydrogen-bond donors (Lipinski definition) is 0. The Morgan fingerprint density at radius 1 is 1.33 bits per heavy atom. The lowest BCUT2D eigenvalue weighted by atomic mass is 10.1. The van der Waals surface area contributed by atoms with Crippen LogP contribution in [0.25, 0.3) is 0 Å². The van der Waals surface area contributed by atoms with E-state index in [1.165, 1.54) is 6.20 Å². The SMILES string of the molecule is CC(C)N(C(=O)c1cncc(Br)c1)c1cccc(C#N)c1. The molecule has 0 N–H and O–H groups in total. The van der Waals surface area contributed by atoms with E-state index < -0.39 is 0 Å². The Labute approximate surface area is 132 Å². The van der Waals surface area contributed by atoms with Gasteiger partial charge in [0.15, 0.2) is 0 Å². The highest BCUT2D eigenvalue weighted by atomic mass is 79.9. The molecular weight excluding hydrogens is 330 g/mol. The molecule has 0 aliphatic rings. The van der Waals surface area contributed by atoms with Crippen molar-refractivity contribution in [3.05, 3.63) is 58.3 Å². The van der Waals surface area contributed by atoms with Gasteiger partial charge in [0.2, 0.25) is 0 Å². The number of halogens is 1. The van der Waals surface area contributed by atoms with Crippen molar-refractivity contribution >= 4 is 27.5 Å². The molecule has 21 heavy (non-hydrogen) atoms. The van der Waals surface area contributed by atoms with Crippen LogP contribution in [0.5, 0.6) is 0 Å². The molecule has 0 saturated carbocycles. The first-order valence-corrected chi connectivity index (χ1v) is 7.26. The minimum atomic E-state index is -0.145. The van der Waals surface area contributed by atoms with E-state index >= 15 is 0 Å². The van der Waals surface area contributed by atoms with E-state index in [0.717, 1.165) is 4.47 Å². The lowest BCUT2D eigenvalue weighted by Gasteiger charge is -2.27. The molecule has 1 aromatic carbocycles. The molecule has 0 radical (unpaired) electrons. The molecule has 1 heterocycles. The zero-order valence-corrected chi connectivity index (χ0v) is 13.3. The molecule has 0 aliphatic heterocycles. The van der Waals surface area contributed by atoms with Crippen LogP contribution in [0, 0.1) is 11.3 Å².